The van der Waals surface area contributed by atoms with E-state index in [-0.39, 0.29) is 0 Å². The van der Waals surface area contributed by atoms with Crippen LogP contribution in [-0.4, -0.2) is 0 Å². The molecule has 0 amide bonds. The Hall–Kier alpha value is -0.700. The summed E-state index contributed by atoms with van der Waals surface area (Å²) in [5, 5.41) is 2.66. The van der Waals surface area contributed by atoms with Crippen molar-refractivity contribution in [1.82, 2.24) is 0 Å². The predicted octanol–water partition coefficient (Wildman–Crippen LogP) is 5.76. The highest BCUT2D eigenvalue weighted by atomic mass is 35.5. The molecule has 0 unspecified atom stereocenters. The van der Waals surface area contributed by atoms with Crippen molar-refractivity contribution in [3.05, 3.63) is 50.1 Å². The highest BCUT2D eigenvalue weighted by Crippen LogP contribution is 2.28. The molecule has 96 valence electrons. The van der Waals surface area contributed by atoms with Crippen LogP contribution in [0.4, 0.5) is 0 Å². The molecule has 0 saturated carbocycles. The molecule has 0 saturated heterocycles. The highest BCUT2D eigenvalue weighted by Gasteiger charge is 2.06. The molecule has 2 rings (SSSR count). The van der Waals surface area contributed by atoms with Crippen LogP contribution in [-0.2, 0) is 6.61 Å². The summed E-state index contributed by atoms with van der Waals surface area (Å²) in [6.45, 7) is 4.73. The lowest BCUT2D eigenvalue weighted by molar-refractivity contribution is 0.306. The summed E-state index contributed by atoms with van der Waals surface area (Å²) in [5.74, 6) is 1.21. The van der Waals surface area contributed by atoms with E-state index in [0.29, 0.717) is 17.5 Å². The molecule has 1 aromatic heterocycles. The fourth-order valence-corrected chi connectivity index (χ4v) is 2.72. The third kappa shape index (κ3) is 3.41. The SMILES string of the molecule is CC(C)c1cc(Cl)cc(OCc2ccsc2Cl)c1. The highest BCUT2D eigenvalue weighted by molar-refractivity contribution is 7.14. The van der Waals surface area contributed by atoms with Gasteiger partial charge in [-0.2, -0.15) is 0 Å². The number of halogens is 2. The van der Waals surface area contributed by atoms with Gasteiger partial charge < -0.3 is 4.74 Å². The first kappa shape index (κ1) is 13.7. The zero-order valence-electron chi connectivity index (χ0n) is 10.2. The molecule has 0 aliphatic rings. The summed E-state index contributed by atoms with van der Waals surface area (Å²) in [4.78, 5) is 0. The fraction of sp³-hybridized carbons (Fsp3) is 0.286. The van der Waals surface area contributed by atoms with E-state index in [0.717, 1.165) is 15.6 Å². The molecule has 0 spiro atoms. The van der Waals surface area contributed by atoms with Crippen molar-refractivity contribution in [2.45, 2.75) is 26.4 Å². The monoisotopic (exact) mass is 300 g/mol. The number of benzene rings is 1. The average molecular weight is 301 g/mol. The number of rotatable bonds is 4. The van der Waals surface area contributed by atoms with Crippen LogP contribution in [0.15, 0.2) is 29.6 Å². The van der Waals surface area contributed by atoms with E-state index in [2.05, 4.69) is 13.8 Å². The molecular weight excluding hydrogens is 287 g/mol. The van der Waals surface area contributed by atoms with Crippen molar-refractivity contribution in [3.63, 3.8) is 0 Å². The van der Waals surface area contributed by atoms with Gasteiger partial charge in [-0.25, -0.2) is 0 Å². The van der Waals surface area contributed by atoms with Crippen LogP contribution in [0.5, 0.6) is 5.75 Å². The van der Waals surface area contributed by atoms with E-state index < -0.39 is 0 Å². The molecular formula is C14H14Cl2OS. The summed E-state index contributed by atoms with van der Waals surface area (Å²) < 4.78 is 6.52. The third-order valence-electron chi connectivity index (χ3n) is 2.65. The molecule has 4 heteroatoms. The van der Waals surface area contributed by atoms with Crippen LogP contribution in [0, 0.1) is 0 Å². The molecule has 0 atom stereocenters. The Balaban J connectivity index is 2.12. The topological polar surface area (TPSA) is 9.23 Å². The van der Waals surface area contributed by atoms with Crippen LogP contribution >= 0.6 is 34.5 Å². The Morgan fingerprint density at radius 3 is 2.61 bits per heavy atom. The molecule has 1 heterocycles. The zero-order chi connectivity index (χ0) is 13.1. The van der Waals surface area contributed by atoms with Gasteiger partial charge in [-0.15, -0.1) is 11.3 Å². The van der Waals surface area contributed by atoms with Gasteiger partial charge in [0.15, 0.2) is 0 Å². The maximum Gasteiger partial charge on any atom is 0.121 e. The molecule has 0 radical (unpaired) electrons. The smallest absolute Gasteiger partial charge is 0.121 e. The minimum atomic E-state index is 0.427. The van der Waals surface area contributed by atoms with Gasteiger partial charge in [0.25, 0.3) is 0 Å². The molecule has 1 aromatic carbocycles. The minimum absolute atomic E-state index is 0.427. The number of hydrogen-bond acceptors (Lipinski definition) is 2. The van der Waals surface area contributed by atoms with Crippen LogP contribution in [0.3, 0.4) is 0 Å². The average Bonchev–Trinajstić information content (AvgIpc) is 2.71. The van der Waals surface area contributed by atoms with Gasteiger partial charge >= 0.3 is 0 Å². The van der Waals surface area contributed by atoms with Crippen molar-refractivity contribution >= 4 is 34.5 Å². The zero-order valence-corrected chi connectivity index (χ0v) is 12.6. The lowest BCUT2D eigenvalue weighted by Crippen LogP contribution is -1.96. The minimum Gasteiger partial charge on any atom is -0.489 e. The van der Waals surface area contributed by atoms with E-state index in [1.807, 2.05) is 29.6 Å². The second-order valence-corrected chi connectivity index (χ2v) is 6.34. The van der Waals surface area contributed by atoms with E-state index >= 15 is 0 Å². The summed E-state index contributed by atoms with van der Waals surface area (Å²) in [7, 11) is 0. The molecule has 0 N–H and O–H groups in total. The lowest BCUT2D eigenvalue weighted by Gasteiger charge is -2.11. The Kier molecular flexibility index (Phi) is 4.55. The van der Waals surface area contributed by atoms with Crippen LogP contribution in [0.2, 0.25) is 9.36 Å². The van der Waals surface area contributed by atoms with Gasteiger partial charge in [-0.05, 0) is 41.1 Å². The Labute approximate surface area is 121 Å². The molecule has 2 aromatic rings. The van der Waals surface area contributed by atoms with Crippen molar-refractivity contribution in [3.8, 4) is 5.75 Å². The van der Waals surface area contributed by atoms with Crippen molar-refractivity contribution in [2.75, 3.05) is 0 Å². The lowest BCUT2D eigenvalue weighted by atomic mass is 10.0. The van der Waals surface area contributed by atoms with Gasteiger partial charge in [0.1, 0.15) is 12.4 Å². The van der Waals surface area contributed by atoms with Crippen molar-refractivity contribution in [1.29, 1.82) is 0 Å². The van der Waals surface area contributed by atoms with Crippen molar-refractivity contribution < 1.29 is 4.74 Å². The molecule has 0 aliphatic carbocycles. The second-order valence-electron chi connectivity index (χ2n) is 4.38. The number of hydrogen-bond donors (Lipinski definition) is 0. The summed E-state index contributed by atoms with van der Waals surface area (Å²) in [5.41, 5.74) is 2.18. The predicted molar refractivity (Wildman–Crippen MR) is 79.2 cm³/mol. The summed E-state index contributed by atoms with van der Waals surface area (Å²) in [6, 6.07) is 7.79. The Morgan fingerprint density at radius 1 is 1.22 bits per heavy atom. The largest absolute Gasteiger partial charge is 0.489 e. The molecule has 0 fully saturated rings. The van der Waals surface area contributed by atoms with E-state index in [1.165, 1.54) is 16.9 Å². The van der Waals surface area contributed by atoms with Crippen molar-refractivity contribution in [2.24, 2.45) is 0 Å². The first-order valence-corrected chi connectivity index (χ1v) is 7.35. The van der Waals surface area contributed by atoms with Crippen LogP contribution in [0.1, 0.15) is 30.9 Å². The van der Waals surface area contributed by atoms with Gasteiger partial charge in [0.05, 0.1) is 4.34 Å². The Bertz CT molecular complexity index is 534. The summed E-state index contributed by atoms with van der Waals surface area (Å²) in [6.07, 6.45) is 0. The molecule has 18 heavy (non-hydrogen) atoms. The maximum absolute atomic E-state index is 6.08. The first-order valence-electron chi connectivity index (χ1n) is 5.71. The number of thiophene rings is 1. The first-order chi connectivity index (χ1) is 8.56. The molecule has 0 bridgehead atoms. The van der Waals surface area contributed by atoms with E-state index in [1.54, 1.807) is 0 Å². The second kappa shape index (κ2) is 5.96. The van der Waals surface area contributed by atoms with Gasteiger partial charge in [-0.3, -0.25) is 0 Å². The van der Waals surface area contributed by atoms with Crippen LogP contribution < -0.4 is 4.74 Å². The van der Waals surface area contributed by atoms with Gasteiger partial charge in [-0.1, -0.05) is 37.0 Å². The standard InChI is InChI=1S/C14H14Cl2OS/c1-9(2)11-5-12(15)7-13(6-11)17-8-10-3-4-18-14(10)16/h3-7,9H,8H2,1-2H3. The van der Waals surface area contributed by atoms with E-state index in [4.69, 9.17) is 27.9 Å². The Morgan fingerprint density at radius 2 is 2.00 bits per heavy atom. The third-order valence-corrected chi connectivity index (χ3v) is 4.12. The summed E-state index contributed by atoms with van der Waals surface area (Å²) >= 11 is 13.6. The number of ether oxygens (including phenoxy) is 1. The fourth-order valence-electron chi connectivity index (χ4n) is 1.58. The van der Waals surface area contributed by atoms with Gasteiger partial charge in [0.2, 0.25) is 0 Å². The van der Waals surface area contributed by atoms with E-state index in [9.17, 15) is 0 Å². The normalized spacial score (nSPS) is 10.9. The van der Waals surface area contributed by atoms with Crippen LogP contribution in [0.25, 0.3) is 0 Å². The maximum atomic E-state index is 6.08. The quantitative estimate of drug-likeness (QED) is 0.698. The van der Waals surface area contributed by atoms with Gasteiger partial charge in [0, 0.05) is 10.6 Å². The molecule has 1 nitrogen and oxygen atoms in total. The molecule has 0 aliphatic heterocycles.